The molecule has 0 aromatic heterocycles. The predicted octanol–water partition coefficient (Wildman–Crippen LogP) is 0.517. The van der Waals surface area contributed by atoms with Gasteiger partial charge in [-0.1, -0.05) is 32.1 Å². The van der Waals surface area contributed by atoms with Crippen LogP contribution < -0.4 is 16.6 Å². The van der Waals surface area contributed by atoms with Crippen molar-refractivity contribution in [2.45, 2.75) is 50.7 Å². The predicted molar refractivity (Wildman–Crippen MR) is 90.6 cm³/mol. The van der Waals surface area contributed by atoms with Gasteiger partial charge in [-0.15, -0.1) is 0 Å². The quantitative estimate of drug-likeness (QED) is 0.427. The van der Waals surface area contributed by atoms with E-state index in [0.29, 0.717) is 12.3 Å². The Kier molecular flexibility index (Phi) is 6.60. The van der Waals surface area contributed by atoms with Gasteiger partial charge in [-0.05, 0) is 24.5 Å². The average molecular weight is 351 g/mol. The second-order valence-electron chi connectivity index (χ2n) is 6.49. The Hall–Kier alpha value is -2.32. The van der Waals surface area contributed by atoms with Crippen molar-refractivity contribution in [3.63, 3.8) is 0 Å². The van der Waals surface area contributed by atoms with E-state index in [1.165, 1.54) is 18.6 Å². The highest BCUT2D eigenvalue weighted by atomic mass is 16.3. The molecule has 138 valence electrons. The van der Waals surface area contributed by atoms with Gasteiger partial charge in [0.15, 0.2) is 0 Å². The summed E-state index contributed by atoms with van der Waals surface area (Å²) in [5, 5.41) is 28.8. The van der Waals surface area contributed by atoms with E-state index in [1.54, 1.807) is 0 Å². The number of hydrogen-bond donors (Lipinski definition) is 6. The van der Waals surface area contributed by atoms with Gasteiger partial charge in [-0.25, -0.2) is 0 Å². The van der Waals surface area contributed by atoms with Crippen LogP contribution >= 0.6 is 0 Å². The first kappa shape index (κ1) is 19.0. The van der Waals surface area contributed by atoms with Crippen LogP contribution in [0.5, 0.6) is 11.5 Å². The minimum Gasteiger partial charge on any atom is -0.508 e. The lowest BCUT2D eigenvalue weighted by Gasteiger charge is -2.26. The molecule has 1 fully saturated rings. The lowest BCUT2D eigenvalue weighted by Crippen LogP contribution is -2.52. The Morgan fingerprint density at radius 1 is 1.16 bits per heavy atom. The molecule has 7 N–H and O–H groups in total. The van der Waals surface area contributed by atoms with Crippen molar-refractivity contribution in [3.05, 3.63) is 23.8 Å². The molecular weight excluding hydrogens is 326 g/mol. The lowest BCUT2D eigenvalue weighted by atomic mass is 9.84. The number of phenols is 2. The van der Waals surface area contributed by atoms with E-state index < -0.39 is 29.7 Å². The fourth-order valence-corrected chi connectivity index (χ4v) is 3.10. The third kappa shape index (κ3) is 5.33. The van der Waals surface area contributed by atoms with Gasteiger partial charge in [0.25, 0.3) is 11.8 Å². The van der Waals surface area contributed by atoms with E-state index in [0.717, 1.165) is 31.7 Å². The van der Waals surface area contributed by atoms with Gasteiger partial charge in [0, 0.05) is 12.1 Å². The molecule has 1 saturated carbocycles. The first-order valence-electron chi connectivity index (χ1n) is 8.44. The number of nitrogens with two attached hydrogens (primary N) is 1. The number of hydrogen-bond acceptors (Lipinski definition) is 6. The van der Waals surface area contributed by atoms with Gasteiger partial charge in [-0.2, -0.15) is 0 Å². The van der Waals surface area contributed by atoms with Crippen LogP contribution in [0, 0.1) is 5.92 Å². The van der Waals surface area contributed by atoms with Gasteiger partial charge in [0.2, 0.25) is 0 Å². The molecule has 0 bridgehead atoms. The number of phenolic OH excluding ortho intramolecular Hbond substituents is 2. The number of hydrazine groups is 1. The van der Waals surface area contributed by atoms with Crippen LogP contribution in [-0.4, -0.2) is 39.3 Å². The molecule has 1 aromatic carbocycles. The largest absolute Gasteiger partial charge is 0.508 e. The van der Waals surface area contributed by atoms with Gasteiger partial charge >= 0.3 is 0 Å². The number of carbonyl (C=O) groups is 2. The number of nitrogens with one attached hydrogen (secondary N) is 2. The molecule has 0 aliphatic heterocycles. The molecule has 0 heterocycles. The van der Waals surface area contributed by atoms with Crippen molar-refractivity contribution >= 4 is 11.8 Å². The second-order valence-corrected chi connectivity index (χ2v) is 6.49. The number of aromatic hydroxyl groups is 2. The van der Waals surface area contributed by atoms with Gasteiger partial charge in [0.1, 0.15) is 17.6 Å². The highest BCUT2D eigenvalue weighted by Gasteiger charge is 2.27. The maximum absolute atomic E-state index is 11.9. The van der Waals surface area contributed by atoms with Crippen LogP contribution in [0.1, 0.15) is 48.9 Å². The molecule has 8 heteroatoms. The third-order valence-electron chi connectivity index (χ3n) is 4.53. The number of rotatable bonds is 5. The summed E-state index contributed by atoms with van der Waals surface area (Å²) in [5.41, 5.74) is 9.99. The average Bonchev–Trinajstić information content (AvgIpc) is 2.59. The van der Waals surface area contributed by atoms with Crippen molar-refractivity contribution in [2.75, 3.05) is 0 Å². The normalized spacial score (nSPS) is 17.5. The van der Waals surface area contributed by atoms with Gasteiger partial charge < -0.3 is 21.1 Å². The topological polar surface area (TPSA) is 145 Å². The Morgan fingerprint density at radius 3 is 2.48 bits per heavy atom. The third-order valence-corrected chi connectivity index (χ3v) is 4.53. The van der Waals surface area contributed by atoms with Crippen molar-refractivity contribution in [3.8, 4) is 11.5 Å². The Bertz CT molecular complexity index is 616. The van der Waals surface area contributed by atoms with Crippen molar-refractivity contribution < 1.29 is 24.9 Å². The van der Waals surface area contributed by atoms with E-state index in [9.17, 15) is 24.9 Å². The Labute approximate surface area is 146 Å². The van der Waals surface area contributed by atoms with Crippen LogP contribution in [0.15, 0.2) is 18.2 Å². The van der Waals surface area contributed by atoms with Gasteiger partial charge in [0.05, 0.1) is 5.56 Å². The van der Waals surface area contributed by atoms with E-state index in [2.05, 4.69) is 10.9 Å². The minimum atomic E-state index is -1.43. The zero-order valence-electron chi connectivity index (χ0n) is 13.9. The van der Waals surface area contributed by atoms with Crippen LogP contribution in [0.2, 0.25) is 0 Å². The first-order valence-corrected chi connectivity index (χ1v) is 8.44. The van der Waals surface area contributed by atoms with E-state index in [-0.39, 0.29) is 11.3 Å². The van der Waals surface area contributed by atoms with Crippen molar-refractivity contribution in [1.82, 2.24) is 10.9 Å². The van der Waals surface area contributed by atoms with Gasteiger partial charge in [-0.3, -0.25) is 20.4 Å². The van der Waals surface area contributed by atoms with E-state index in [1.807, 2.05) is 0 Å². The van der Waals surface area contributed by atoms with Crippen molar-refractivity contribution in [2.24, 2.45) is 11.7 Å². The standard InChI is InChI=1S/C17H25N3O5/c18-13(8-10-4-2-1-3-5-10)15(23)17(25)20-19-16(24)12-7-6-11(21)9-14(12)22/h6-7,9-10,13,15,21-23H,1-5,8,18H2,(H,19,24)(H,20,25). The molecule has 1 aliphatic rings. The van der Waals surface area contributed by atoms with Crippen LogP contribution in [-0.2, 0) is 4.79 Å². The Morgan fingerprint density at radius 2 is 1.84 bits per heavy atom. The number of aliphatic hydroxyl groups is 1. The maximum Gasteiger partial charge on any atom is 0.273 e. The summed E-state index contributed by atoms with van der Waals surface area (Å²) in [7, 11) is 0. The molecule has 8 nitrogen and oxygen atoms in total. The highest BCUT2D eigenvalue weighted by Crippen LogP contribution is 2.27. The summed E-state index contributed by atoms with van der Waals surface area (Å²) < 4.78 is 0. The maximum atomic E-state index is 11.9. The van der Waals surface area contributed by atoms with E-state index >= 15 is 0 Å². The smallest absolute Gasteiger partial charge is 0.273 e. The zero-order valence-corrected chi connectivity index (χ0v) is 13.9. The number of amides is 2. The SMILES string of the molecule is NC(CC1CCCCC1)C(O)C(=O)NNC(=O)c1ccc(O)cc1O. The summed E-state index contributed by atoms with van der Waals surface area (Å²) in [5.74, 6) is -1.80. The zero-order chi connectivity index (χ0) is 18.4. The molecule has 2 unspecified atom stereocenters. The fraction of sp³-hybridized carbons (Fsp3) is 0.529. The molecule has 2 rings (SSSR count). The summed E-state index contributed by atoms with van der Waals surface area (Å²) in [4.78, 5) is 23.9. The summed E-state index contributed by atoms with van der Waals surface area (Å²) in [6, 6.07) is 2.73. The first-order chi connectivity index (χ1) is 11.9. The highest BCUT2D eigenvalue weighted by molar-refractivity contribution is 5.98. The number of carbonyl (C=O) groups excluding carboxylic acids is 2. The van der Waals surface area contributed by atoms with Crippen molar-refractivity contribution in [1.29, 1.82) is 0 Å². The summed E-state index contributed by atoms with van der Waals surface area (Å²) in [6.45, 7) is 0. The Balaban J connectivity index is 1.82. The fourth-order valence-electron chi connectivity index (χ4n) is 3.10. The van der Waals surface area contributed by atoms with Crippen LogP contribution in [0.25, 0.3) is 0 Å². The summed E-state index contributed by atoms with van der Waals surface area (Å²) in [6.07, 6.45) is 4.73. The lowest BCUT2D eigenvalue weighted by molar-refractivity contribution is -0.131. The molecule has 1 aromatic rings. The molecule has 1 aliphatic carbocycles. The number of benzene rings is 1. The minimum absolute atomic E-state index is 0.126. The molecule has 0 saturated heterocycles. The number of aliphatic hydroxyl groups excluding tert-OH is 1. The van der Waals surface area contributed by atoms with Crippen LogP contribution in [0.3, 0.4) is 0 Å². The molecule has 2 atom stereocenters. The monoisotopic (exact) mass is 351 g/mol. The molecule has 2 amide bonds. The van der Waals surface area contributed by atoms with E-state index in [4.69, 9.17) is 5.73 Å². The second kappa shape index (κ2) is 8.68. The molecule has 25 heavy (non-hydrogen) atoms. The molecule has 0 radical (unpaired) electrons. The molecular formula is C17H25N3O5. The summed E-state index contributed by atoms with van der Waals surface area (Å²) >= 11 is 0. The molecule has 0 spiro atoms. The van der Waals surface area contributed by atoms with Crippen LogP contribution in [0.4, 0.5) is 0 Å².